The van der Waals surface area contributed by atoms with E-state index in [1.54, 1.807) is 0 Å². The molecule has 3 nitrogen and oxygen atoms in total. The maximum Gasteiger partial charge on any atom is 0.249 e. The summed E-state index contributed by atoms with van der Waals surface area (Å²) in [6, 6.07) is 0.554. The van der Waals surface area contributed by atoms with Gasteiger partial charge in [-0.3, -0.25) is 4.79 Å². The molecule has 106 valence electrons. The molecule has 0 aromatic carbocycles. The highest BCUT2D eigenvalue weighted by Gasteiger charge is 2.35. The fourth-order valence-electron chi connectivity index (χ4n) is 3.31. The van der Waals surface area contributed by atoms with E-state index in [1.807, 2.05) is 6.92 Å². The maximum atomic E-state index is 12.7. The zero-order chi connectivity index (χ0) is 13.2. The molecule has 3 heteroatoms. The van der Waals surface area contributed by atoms with Gasteiger partial charge < -0.3 is 10.2 Å². The molecule has 19 heavy (non-hydrogen) atoms. The Hall–Kier alpha value is -0.830. The average molecular weight is 262 g/mol. The second kappa shape index (κ2) is 5.66. The van der Waals surface area contributed by atoms with Gasteiger partial charge in [0, 0.05) is 31.2 Å². The summed E-state index contributed by atoms with van der Waals surface area (Å²) in [5.41, 5.74) is 2.33. The van der Waals surface area contributed by atoms with Crippen LogP contribution in [0.2, 0.25) is 0 Å². The monoisotopic (exact) mass is 262 g/mol. The van der Waals surface area contributed by atoms with Crippen molar-refractivity contribution in [3.63, 3.8) is 0 Å². The average Bonchev–Trinajstić information content (AvgIpc) is 3.18. The van der Waals surface area contributed by atoms with Crippen LogP contribution in [0.4, 0.5) is 0 Å². The summed E-state index contributed by atoms with van der Waals surface area (Å²) in [6.07, 6.45) is 9.21. The SMILES string of the molecule is CC(C(=O)N(CC1CCCCC1)C1CC1)=C1CNC1. The van der Waals surface area contributed by atoms with Crippen molar-refractivity contribution in [3.8, 4) is 0 Å². The van der Waals surface area contributed by atoms with Crippen LogP contribution in [0.3, 0.4) is 0 Å². The molecule has 0 aromatic heterocycles. The van der Waals surface area contributed by atoms with Gasteiger partial charge in [-0.1, -0.05) is 19.3 Å². The second-order valence-electron chi connectivity index (χ2n) is 6.52. The van der Waals surface area contributed by atoms with Gasteiger partial charge in [0.25, 0.3) is 0 Å². The number of nitrogens with one attached hydrogen (secondary N) is 1. The van der Waals surface area contributed by atoms with Gasteiger partial charge in [0.1, 0.15) is 0 Å². The standard InChI is InChI=1S/C16H26N2O/c1-12(14-9-17-10-14)16(19)18(15-7-8-15)11-13-5-3-2-4-6-13/h13,15,17H,2-11H2,1H3. The van der Waals surface area contributed by atoms with E-state index in [0.29, 0.717) is 11.9 Å². The molecule has 0 aromatic rings. The molecule has 2 aliphatic carbocycles. The molecular formula is C16H26N2O. The third-order valence-electron chi connectivity index (χ3n) is 4.96. The Morgan fingerprint density at radius 1 is 1.16 bits per heavy atom. The Bertz CT molecular complexity index is 372. The van der Waals surface area contributed by atoms with Crippen molar-refractivity contribution in [2.24, 2.45) is 5.92 Å². The minimum absolute atomic E-state index is 0.324. The first-order chi connectivity index (χ1) is 9.25. The Balaban J connectivity index is 1.64. The molecule has 0 spiro atoms. The minimum Gasteiger partial charge on any atom is -0.336 e. The summed E-state index contributed by atoms with van der Waals surface area (Å²) in [7, 11) is 0. The third-order valence-corrected chi connectivity index (χ3v) is 4.96. The number of rotatable bonds is 4. The molecule has 0 bridgehead atoms. The molecule has 0 radical (unpaired) electrons. The number of hydrogen-bond acceptors (Lipinski definition) is 2. The molecule has 3 rings (SSSR count). The smallest absolute Gasteiger partial charge is 0.249 e. The highest BCUT2D eigenvalue weighted by Crippen LogP contribution is 2.32. The molecule has 0 atom stereocenters. The highest BCUT2D eigenvalue weighted by atomic mass is 16.2. The quantitative estimate of drug-likeness (QED) is 0.789. The Labute approximate surface area is 116 Å². The van der Waals surface area contributed by atoms with E-state index in [4.69, 9.17) is 0 Å². The van der Waals surface area contributed by atoms with E-state index in [-0.39, 0.29) is 0 Å². The van der Waals surface area contributed by atoms with Crippen molar-refractivity contribution in [1.29, 1.82) is 0 Å². The van der Waals surface area contributed by atoms with Gasteiger partial charge in [0.2, 0.25) is 5.91 Å². The van der Waals surface area contributed by atoms with Gasteiger partial charge in [0.15, 0.2) is 0 Å². The first kappa shape index (κ1) is 13.2. The van der Waals surface area contributed by atoms with Crippen LogP contribution in [0.15, 0.2) is 11.1 Å². The second-order valence-corrected chi connectivity index (χ2v) is 6.52. The number of nitrogens with zero attached hydrogens (tertiary/aromatic N) is 1. The van der Waals surface area contributed by atoms with E-state index in [9.17, 15) is 4.79 Å². The van der Waals surface area contributed by atoms with Crippen LogP contribution < -0.4 is 5.32 Å². The number of carbonyl (C=O) groups excluding carboxylic acids is 1. The zero-order valence-electron chi connectivity index (χ0n) is 12.1. The Morgan fingerprint density at radius 3 is 2.37 bits per heavy atom. The Kier molecular flexibility index (Phi) is 3.92. The fourth-order valence-corrected chi connectivity index (χ4v) is 3.31. The van der Waals surface area contributed by atoms with Crippen LogP contribution in [0.25, 0.3) is 0 Å². The number of hydrogen-bond donors (Lipinski definition) is 1. The maximum absolute atomic E-state index is 12.7. The molecule has 3 fully saturated rings. The van der Waals surface area contributed by atoms with Crippen molar-refractivity contribution < 1.29 is 4.79 Å². The van der Waals surface area contributed by atoms with Crippen molar-refractivity contribution in [1.82, 2.24) is 10.2 Å². The van der Waals surface area contributed by atoms with Gasteiger partial charge in [-0.05, 0) is 44.1 Å². The first-order valence-electron chi connectivity index (χ1n) is 7.96. The van der Waals surface area contributed by atoms with Gasteiger partial charge in [-0.2, -0.15) is 0 Å². The zero-order valence-corrected chi connectivity index (χ0v) is 12.1. The van der Waals surface area contributed by atoms with E-state index in [1.165, 1.54) is 50.5 Å². The third kappa shape index (κ3) is 3.02. The predicted molar refractivity (Wildman–Crippen MR) is 76.9 cm³/mol. The van der Waals surface area contributed by atoms with Crippen molar-refractivity contribution in [2.75, 3.05) is 19.6 Å². The van der Waals surface area contributed by atoms with Gasteiger partial charge in [0.05, 0.1) is 0 Å². The Morgan fingerprint density at radius 2 is 1.84 bits per heavy atom. The molecular weight excluding hydrogens is 236 g/mol. The van der Waals surface area contributed by atoms with Gasteiger partial charge in [-0.15, -0.1) is 0 Å². The lowest BCUT2D eigenvalue weighted by Crippen LogP contribution is -2.41. The van der Waals surface area contributed by atoms with E-state index < -0.39 is 0 Å². The topological polar surface area (TPSA) is 32.3 Å². The summed E-state index contributed by atoms with van der Waals surface area (Å²) >= 11 is 0. The van der Waals surface area contributed by atoms with Crippen LogP contribution >= 0.6 is 0 Å². The lowest BCUT2D eigenvalue weighted by Gasteiger charge is -2.31. The van der Waals surface area contributed by atoms with Crippen molar-refractivity contribution in [2.45, 2.75) is 57.9 Å². The highest BCUT2D eigenvalue weighted by molar-refractivity contribution is 5.94. The normalized spacial score (nSPS) is 23.9. The number of amides is 1. The lowest BCUT2D eigenvalue weighted by atomic mass is 9.88. The van der Waals surface area contributed by atoms with Crippen LogP contribution in [-0.4, -0.2) is 36.5 Å². The van der Waals surface area contributed by atoms with Crippen LogP contribution in [0.5, 0.6) is 0 Å². The van der Waals surface area contributed by atoms with Crippen LogP contribution in [0, 0.1) is 5.92 Å². The van der Waals surface area contributed by atoms with Crippen LogP contribution in [-0.2, 0) is 4.79 Å². The van der Waals surface area contributed by atoms with E-state index in [0.717, 1.165) is 31.1 Å². The summed E-state index contributed by atoms with van der Waals surface area (Å²) in [6.45, 7) is 4.87. The molecule has 1 heterocycles. The lowest BCUT2D eigenvalue weighted by molar-refractivity contribution is -0.128. The van der Waals surface area contributed by atoms with Gasteiger partial charge in [-0.25, -0.2) is 0 Å². The summed E-state index contributed by atoms with van der Waals surface area (Å²) < 4.78 is 0. The van der Waals surface area contributed by atoms with E-state index in [2.05, 4.69) is 10.2 Å². The molecule has 3 aliphatic rings. The molecule has 1 N–H and O–H groups in total. The van der Waals surface area contributed by atoms with E-state index >= 15 is 0 Å². The summed E-state index contributed by atoms with van der Waals surface area (Å²) in [5, 5.41) is 3.23. The summed E-state index contributed by atoms with van der Waals surface area (Å²) in [4.78, 5) is 14.9. The predicted octanol–water partition coefficient (Wildman–Crippen LogP) is 2.48. The summed E-state index contributed by atoms with van der Waals surface area (Å²) in [5.74, 6) is 1.08. The number of carbonyl (C=O) groups is 1. The largest absolute Gasteiger partial charge is 0.336 e. The van der Waals surface area contributed by atoms with Crippen molar-refractivity contribution in [3.05, 3.63) is 11.1 Å². The first-order valence-corrected chi connectivity index (χ1v) is 7.96. The van der Waals surface area contributed by atoms with Crippen molar-refractivity contribution >= 4 is 5.91 Å². The molecule has 1 amide bonds. The molecule has 0 unspecified atom stereocenters. The molecule has 1 saturated heterocycles. The molecule has 1 aliphatic heterocycles. The minimum atomic E-state index is 0.324. The molecule has 2 saturated carbocycles. The fraction of sp³-hybridized carbons (Fsp3) is 0.812. The van der Waals surface area contributed by atoms with Crippen LogP contribution in [0.1, 0.15) is 51.9 Å². The van der Waals surface area contributed by atoms with Gasteiger partial charge >= 0.3 is 0 Å².